The quantitative estimate of drug-likeness (QED) is 0.522. The predicted octanol–water partition coefficient (Wildman–Crippen LogP) is 4.47. The normalized spacial score (nSPS) is 11.0. The number of urea groups is 1. The number of amides is 2. The Balaban J connectivity index is 1.65. The lowest BCUT2D eigenvalue weighted by atomic mass is 10.1. The number of sulfonamides is 1. The highest BCUT2D eigenvalue weighted by Crippen LogP contribution is 2.29. The minimum absolute atomic E-state index is 0.0554. The number of nitrogens with one attached hydrogen (secondary N) is 3. The molecule has 0 unspecified atom stereocenters. The fraction of sp³-hybridized carbons (Fsp3) is 0.143. The number of rotatable bonds is 6. The monoisotopic (exact) mass is 444 g/mol. The van der Waals surface area contributed by atoms with Gasteiger partial charge in [-0.15, -0.1) is 0 Å². The van der Waals surface area contributed by atoms with Gasteiger partial charge in [0.2, 0.25) is 0 Å². The predicted molar refractivity (Wildman–Crippen MR) is 118 cm³/mol. The van der Waals surface area contributed by atoms with Crippen molar-refractivity contribution in [3.63, 3.8) is 0 Å². The largest absolute Gasteiger partial charge is 0.334 e. The summed E-state index contributed by atoms with van der Waals surface area (Å²) in [7, 11) is -3.83. The van der Waals surface area contributed by atoms with E-state index in [1.807, 2.05) is 19.1 Å². The van der Waals surface area contributed by atoms with Crippen LogP contribution in [0.2, 0.25) is 5.02 Å². The SMILES string of the molecule is Cc1cc(C)c(NS(=O)(=O)c2ccc(NC(=O)NCc3cccnc3)cc2)c(Cl)c1. The van der Waals surface area contributed by atoms with Crippen LogP contribution in [0.25, 0.3) is 0 Å². The van der Waals surface area contributed by atoms with Crippen molar-refractivity contribution in [2.45, 2.75) is 25.3 Å². The van der Waals surface area contributed by atoms with Crippen LogP contribution in [-0.2, 0) is 16.6 Å². The van der Waals surface area contributed by atoms with Gasteiger partial charge in [-0.2, -0.15) is 0 Å². The van der Waals surface area contributed by atoms with E-state index >= 15 is 0 Å². The van der Waals surface area contributed by atoms with Crippen LogP contribution in [0.15, 0.2) is 65.8 Å². The lowest BCUT2D eigenvalue weighted by Gasteiger charge is -2.14. The number of halogens is 1. The lowest BCUT2D eigenvalue weighted by molar-refractivity contribution is 0.251. The van der Waals surface area contributed by atoms with E-state index in [1.165, 1.54) is 24.3 Å². The molecule has 7 nitrogen and oxygen atoms in total. The molecule has 156 valence electrons. The molecule has 0 spiro atoms. The zero-order chi connectivity index (χ0) is 21.7. The van der Waals surface area contributed by atoms with E-state index in [4.69, 9.17) is 11.6 Å². The first kappa shape index (κ1) is 21.6. The van der Waals surface area contributed by atoms with Crippen LogP contribution in [-0.4, -0.2) is 19.4 Å². The number of carbonyl (C=O) groups is 1. The zero-order valence-electron chi connectivity index (χ0n) is 16.4. The molecule has 0 saturated heterocycles. The van der Waals surface area contributed by atoms with Crippen molar-refractivity contribution in [1.29, 1.82) is 0 Å². The highest BCUT2D eigenvalue weighted by molar-refractivity contribution is 7.92. The van der Waals surface area contributed by atoms with E-state index in [-0.39, 0.29) is 4.90 Å². The summed E-state index contributed by atoms with van der Waals surface area (Å²) in [5, 5.41) is 5.70. The topological polar surface area (TPSA) is 100 Å². The summed E-state index contributed by atoms with van der Waals surface area (Å²) in [5.74, 6) is 0. The molecule has 1 aromatic heterocycles. The average molecular weight is 445 g/mol. The van der Waals surface area contributed by atoms with Gasteiger partial charge in [0.1, 0.15) is 0 Å². The molecule has 0 atom stereocenters. The summed E-state index contributed by atoms with van der Waals surface area (Å²) in [6, 6.07) is 12.6. The van der Waals surface area contributed by atoms with Crippen LogP contribution in [0.1, 0.15) is 16.7 Å². The Bertz CT molecular complexity index is 1130. The second-order valence-corrected chi connectivity index (χ2v) is 8.83. The lowest BCUT2D eigenvalue weighted by Crippen LogP contribution is -2.28. The second-order valence-electron chi connectivity index (χ2n) is 6.74. The van der Waals surface area contributed by atoms with Crippen LogP contribution in [0, 0.1) is 13.8 Å². The third-order valence-corrected chi connectivity index (χ3v) is 5.93. The van der Waals surface area contributed by atoms with Crippen molar-refractivity contribution >= 4 is 39.0 Å². The highest BCUT2D eigenvalue weighted by Gasteiger charge is 2.17. The van der Waals surface area contributed by atoms with Crippen molar-refractivity contribution in [1.82, 2.24) is 10.3 Å². The van der Waals surface area contributed by atoms with E-state index < -0.39 is 16.1 Å². The van der Waals surface area contributed by atoms with Gasteiger partial charge >= 0.3 is 6.03 Å². The van der Waals surface area contributed by atoms with Gasteiger partial charge in [0.15, 0.2) is 0 Å². The number of aromatic nitrogens is 1. The maximum Gasteiger partial charge on any atom is 0.319 e. The first-order valence-corrected chi connectivity index (χ1v) is 10.9. The van der Waals surface area contributed by atoms with E-state index in [0.717, 1.165) is 16.7 Å². The Kier molecular flexibility index (Phi) is 6.59. The van der Waals surface area contributed by atoms with Gasteiger partial charge in [0.25, 0.3) is 10.0 Å². The minimum Gasteiger partial charge on any atom is -0.334 e. The average Bonchev–Trinajstić information content (AvgIpc) is 2.70. The molecule has 3 rings (SSSR count). The van der Waals surface area contributed by atoms with Gasteiger partial charge < -0.3 is 10.6 Å². The number of benzene rings is 2. The van der Waals surface area contributed by atoms with Crippen molar-refractivity contribution in [2.24, 2.45) is 0 Å². The number of hydrogen-bond acceptors (Lipinski definition) is 4. The molecule has 2 aromatic carbocycles. The van der Waals surface area contributed by atoms with Gasteiger partial charge in [-0.3, -0.25) is 9.71 Å². The molecule has 0 aliphatic rings. The van der Waals surface area contributed by atoms with Crippen LogP contribution < -0.4 is 15.4 Å². The number of anilines is 2. The molecule has 2 amide bonds. The van der Waals surface area contributed by atoms with Crippen LogP contribution in [0.5, 0.6) is 0 Å². The highest BCUT2D eigenvalue weighted by atomic mass is 35.5. The Morgan fingerprint density at radius 1 is 1.10 bits per heavy atom. The van der Waals surface area contributed by atoms with Gasteiger partial charge in [-0.05, 0) is 66.9 Å². The summed E-state index contributed by atoms with van der Waals surface area (Å²) in [6.45, 7) is 4.00. The molecule has 3 N–H and O–H groups in total. The number of carbonyl (C=O) groups excluding carboxylic acids is 1. The minimum atomic E-state index is -3.83. The maximum atomic E-state index is 12.7. The number of pyridine rings is 1. The van der Waals surface area contributed by atoms with Crippen molar-refractivity contribution in [3.05, 3.63) is 82.6 Å². The maximum absolute atomic E-state index is 12.7. The Labute approximate surface area is 180 Å². The molecule has 0 aliphatic carbocycles. The van der Waals surface area contributed by atoms with E-state index in [1.54, 1.807) is 31.5 Å². The summed E-state index contributed by atoms with van der Waals surface area (Å²) < 4.78 is 27.9. The Hall–Kier alpha value is -3.10. The zero-order valence-corrected chi connectivity index (χ0v) is 18.0. The number of aryl methyl sites for hydroxylation is 2. The van der Waals surface area contributed by atoms with Gasteiger partial charge in [-0.1, -0.05) is 23.7 Å². The van der Waals surface area contributed by atoms with Gasteiger partial charge in [-0.25, -0.2) is 13.2 Å². The Morgan fingerprint density at radius 2 is 1.83 bits per heavy atom. The molecule has 1 heterocycles. The fourth-order valence-corrected chi connectivity index (χ4v) is 4.39. The summed E-state index contributed by atoms with van der Waals surface area (Å²) >= 11 is 6.20. The molecule has 30 heavy (non-hydrogen) atoms. The van der Waals surface area contributed by atoms with E-state index in [0.29, 0.717) is 22.9 Å². The molecule has 0 radical (unpaired) electrons. The number of hydrogen-bond donors (Lipinski definition) is 3. The molecular weight excluding hydrogens is 424 g/mol. The Morgan fingerprint density at radius 3 is 2.47 bits per heavy atom. The smallest absolute Gasteiger partial charge is 0.319 e. The van der Waals surface area contributed by atoms with Crippen molar-refractivity contribution in [3.8, 4) is 0 Å². The fourth-order valence-electron chi connectivity index (χ4n) is 2.82. The summed E-state index contributed by atoms with van der Waals surface area (Å²) in [4.78, 5) is 16.1. The molecule has 0 saturated carbocycles. The third-order valence-electron chi connectivity index (χ3n) is 4.27. The first-order chi connectivity index (χ1) is 14.2. The van der Waals surface area contributed by atoms with E-state index in [9.17, 15) is 13.2 Å². The molecular formula is C21H21ClN4O3S. The third kappa shape index (κ3) is 5.49. The standard InChI is InChI=1S/C21H21ClN4O3S/c1-14-10-15(2)20(19(22)11-14)26-30(28,29)18-7-5-17(6-8-18)25-21(27)24-13-16-4-3-9-23-12-16/h3-12,26H,13H2,1-2H3,(H2,24,25,27). The van der Waals surface area contributed by atoms with Crippen molar-refractivity contribution in [2.75, 3.05) is 10.0 Å². The molecule has 0 aliphatic heterocycles. The van der Waals surface area contributed by atoms with Gasteiger partial charge in [0, 0.05) is 24.6 Å². The van der Waals surface area contributed by atoms with Crippen LogP contribution >= 0.6 is 11.6 Å². The molecule has 0 fully saturated rings. The second kappa shape index (κ2) is 9.15. The molecule has 3 aromatic rings. The molecule has 9 heteroatoms. The molecule has 0 bridgehead atoms. The number of nitrogens with zero attached hydrogens (tertiary/aromatic N) is 1. The van der Waals surface area contributed by atoms with Crippen LogP contribution in [0.4, 0.5) is 16.2 Å². The van der Waals surface area contributed by atoms with Crippen LogP contribution in [0.3, 0.4) is 0 Å². The summed E-state index contributed by atoms with van der Waals surface area (Å²) in [6.07, 6.45) is 3.32. The summed E-state index contributed by atoms with van der Waals surface area (Å²) in [5.41, 5.74) is 3.34. The van der Waals surface area contributed by atoms with E-state index in [2.05, 4.69) is 20.3 Å². The first-order valence-electron chi connectivity index (χ1n) is 9.08. The van der Waals surface area contributed by atoms with Crippen molar-refractivity contribution < 1.29 is 13.2 Å². The van der Waals surface area contributed by atoms with Gasteiger partial charge in [0.05, 0.1) is 15.6 Å².